The maximum absolute atomic E-state index is 6.39. The maximum atomic E-state index is 6.39. The number of piperidine rings is 1. The molecule has 5 nitrogen and oxygen atoms in total. The summed E-state index contributed by atoms with van der Waals surface area (Å²) in [5.41, 5.74) is 10.5. The zero-order valence-corrected chi connectivity index (χ0v) is 16.7. The van der Waals surface area contributed by atoms with Crippen LogP contribution >= 0.6 is 27.3 Å². The first kappa shape index (κ1) is 17.0. The second-order valence-electron chi connectivity index (χ2n) is 6.64. The highest BCUT2D eigenvalue weighted by Crippen LogP contribution is 2.36. The molecule has 1 atom stereocenters. The average Bonchev–Trinajstić information content (AvgIpc) is 3.27. The number of halogens is 1. The predicted molar refractivity (Wildman–Crippen MR) is 107 cm³/mol. The number of rotatable bonds is 4. The Kier molecular flexibility index (Phi) is 4.80. The molecule has 0 aromatic carbocycles. The van der Waals surface area contributed by atoms with Crippen molar-refractivity contribution in [3.63, 3.8) is 0 Å². The van der Waals surface area contributed by atoms with Gasteiger partial charge in [-0.3, -0.25) is 0 Å². The molecule has 1 fully saturated rings. The molecular formula is C18H22BrN5S. The number of anilines is 1. The predicted octanol–water partition coefficient (Wildman–Crippen LogP) is 4.39. The van der Waals surface area contributed by atoms with Crippen molar-refractivity contribution in [1.82, 2.24) is 19.5 Å². The third-order valence-electron chi connectivity index (χ3n) is 4.91. The molecule has 1 aliphatic rings. The Morgan fingerprint density at radius 3 is 3.08 bits per heavy atom. The topological polar surface area (TPSA) is 59.5 Å². The van der Waals surface area contributed by atoms with Gasteiger partial charge in [-0.05, 0) is 70.7 Å². The lowest BCUT2D eigenvalue weighted by molar-refractivity contribution is 0.206. The van der Waals surface area contributed by atoms with Crippen LogP contribution in [0, 0.1) is 0 Å². The largest absolute Gasteiger partial charge is 0.383 e. The normalized spacial score (nSPS) is 18.9. The Hall–Kier alpha value is -1.44. The molecule has 3 aromatic rings. The van der Waals surface area contributed by atoms with Crippen molar-refractivity contribution in [3.8, 4) is 11.1 Å². The fourth-order valence-corrected chi connectivity index (χ4v) is 4.94. The number of thiophene rings is 1. The molecule has 132 valence electrons. The van der Waals surface area contributed by atoms with E-state index >= 15 is 0 Å². The van der Waals surface area contributed by atoms with E-state index in [1.54, 1.807) is 15.9 Å². The quantitative estimate of drug-likeness (QED) is 0.680. The number of nitrogens with zero attached hydrogens (tertiary/aromatic N) is 4. The van der Waals surface area contributed by atoms with Crippen molar-refractivity contribution < 1.29 is 0 Å². The molecule has 4 heterocycles. The van der Waals surface area contributed by atoms with Crippen LogP contribution in [0.5, 0.6) is 0 Å². The molecule has 0 spiro atoms. The number of hydrogen-bond donors (Lipinski definition) is 1. The van der Waals surface area contributed by atoms with Gasteiger partial charge >= 0.3 is 0 Å². The minimum atomic E-state index is 0.409. The van der Waals surface area contributed by atoms with Gasteiger partial charge in [-0.1, -0.05) is 6.92 Å². The number of nitrogen functional groups attached to an aromatic ring is 1. The first-order valence-corrected chi connectivity index (χ1v) is 10.5. The van der Waals surface area contributed by atoms with E-state index in [1.807, 2.05) is 6.20 Å². The maximum Gasteiger partial charge on any atom is 0.165 e. The molecule has 3 aromatic heterocycles. The van der Waals surface area contributed by atoms with Gasteiger partial charge in [0.2, 0.25) is 0 Å². The lowest BCUT2D eigenvalue weighted by Crippen LogP contribution is -2.35. The third kappa shape index (κ3) is 3.09. The number of likely N-dealkylation sites (tertiary alicyclic amines) is 1. The molecule has 0 amide bonds. The number of fused-ring (bicyclic) bond motifs is 1. The van der Waals surface area contributed by atoms with Crippen LogP contribution < -0.4 is 5.73 Å². The van der Waals surface area contributed by atoms with Gasteiger partial charge < -0.3 is 10.6 Å². The molecule has 1 aliphatic heterocycles. The van der Waals surface area contributed by atoms with Gasteiger partial charge in [-0.15, -0.1) is 0 Å². The van der Waals surface area contributed by atoms with Crippen LogP contribution in [0.4, 0.5) is 5.82 Å². The van der Waals surface area contributed by atoms with Gasteiger partial charge in [0.25, 0.3) is 0 Å². The van der Waals surface area contributed by atoms with Crippen molar-refractivity contribution >= 4 is 38.7 Å². The summed E-state index contributed by atoms with van der Waals surface area (Å²) < 4.78 is 2.64. The molecule has 7 heteroatoms. The summed E-state index contributed by atoms with van der Waals surface area (Å²) in [5.74, 6) is 1.04. The summed E-state index contributed by atoms with van der Waals surface area (Å²) in [6.07, 6.45) is 5.42. The summed E-state index contributed by atoms with van der Waals surface area (Å²) in [6, 6.07) is 2.10. The Balaban J connectivity index is 1.78. The van der Waals surface area contributed by atoms with Crippen molar-refractivity contribution in [2.75, 3.05) is 25.4 Å². The highest BCUT2D eigenvalue weighted by atomic mass is 79.9. The summed E-state index contributed by atoms with van der Waals surface area (Å²) in [5, 5.41) is 8.66. The van der Waals surface area contributed by atoms with E-state index in [4.69, 9.17) is 10.7 Å². The number of aromatic nitrogens is 3. The Labute approximate surface area is 160 Å². The van der Waals surface area contributed by atoms with Crippen molar-refractivity contribution in [2.24, 2.45) is 0 Å². The standard InChI is InChI=1S/C18H22BrN5S/c1-2-6-23-7-3-4-12(10-23)16-15(19)17(20)24-18(22-16)14(9-21-24)13-5-8-25-11-13/h5,8-9,11-12H,2-4,6-7,10,20H2,1H3. The van der Waals surface area contributed by atoms with Gasteiger partial charge in [0, 0.05) is 18.0 Å². The fraction of sp³-hybridized carbons (Fsp3) is 0.444. The molecule has 0 aliphatic carbocycles. The van der Waals surface area contributed by atoms with Gasteiger partial charge in [-0.25, -0.2) is 4.98 Å². The number of nitrogens with two attached hydrogens (primary N) is 1. The lowest BCUT2D eigenvalue weighted by Gasteiger charge is -2.32. The summed E-state index contributed by atoms with van der Waals surface area (Å²) in [7, 11) is 0. The van der Waals surface area contributed by atoms with Crippen LogP contribution in [-0.4, -0.2) is 39.1 Å². The molecule has 0 saturated carbocycles. The Bertz CT molecular complexity index is 871. The van der Waals surface area contributed by atoms with Crippen LogP contribution in [0.2, 0.25) is 0 Å². The van der Waals surface area contributed by atoms with Gasteiger partial charge in [-0.2, -0.15) is 21.0 Å². The van der Waals surface area contributed by atoms with Gasteiger partial charge in [0.15, 0.2) is 5.65 Å². The van der Waals surface area contributed by atoms with Crippen molar-refractivity contribution in [2.45, 2.75) is 32.1 Å². The van der Waals surface area contributed by atoms with E-state index in [0.717, 1.165) is 46.5 Å². The minimum absolute atomic E-state index is 0.409. The van der Waals surface area contributed by atoms with Crippen molar-refractivity contribution in [1.29, 1.82) is 0 Å². The highest BCUT2D eigenvalue weighted by Gasteiger charge is 2.26. The highest BCUT2D eigenvalue weighted by molar-refractivity contribution is 9.10. The molecule has 0 radical (unpaired) electrons. The third-order valence-corrected chi connectivity index (χ3v) is 6.41. The van der Waals surface area contributed by atoms with Crippen LogP contribution in [0.15, 0.2) is 27.5 Å². The molecular weight excluding hydrogens is 398 g/mol. The lowest BCUT2D eigenvalue weighted by atomic mass is 9.94. The van der Waals surface area contributed by atoms with E-state index in [9.17, 15) is 0 Å². The van der Waals surface area contributed by atoms with Gasteiger partial charge in [0.1, 0.15) is 5.82 Å². The van der Waals surface area contributed by atoms with E-state index in [0.29, 0.717) is 11.7 Å². The summed E-state index contributed by atoms with van der Waals surface area (Å²) in [4.78, 5) is 7.56. The second kappa shape index (κ2) is 7.05. The van der Waals surface area contributed by atoms with Crippen molar-refractivity contribution in [3.05, 3.63) is 33.2 Å². The van der Waals surface area contributed by atoms with E-state index in [1.165, 1.54) is 19.4 Å². The van der Waals surface area contributed by atoms with Crippen LogP contribution in [0.3, 0.4) is 0 Å². The first-order chi connectivity index (χ1) is 12.2. The van der Waals surface area contributed by atoms with E-state index in [-0.39, 0.29) is 0 Å². The smallest absolute Gasteiger partial charge is 0.165 e. The van der Waals surface area contributed by atoms with Crippen LogP contribution in [0.25, 0.3) is 16.8 Å². The molecule has 0 bridgehead atoms. The summed E-state index contributed by atoms with van der Waals surface area (Å²) >= 11 is 5.37. The molecule has 1 unspecified atom stereocenters. The van der Waals surface area contributed by atoms with Crippen LogP contribution in [-0.2, 0) is 0 Å². The minimum Gasteiger partial charge on any atom is -0.383 e. The molecule has 2 N–H and O–H groups in total. The second-order valence-corrected chi connectivity index (χ2v) is 8.21. The monoisotopic (exact) mass is 419 g/mol. The van der Waals surface area contributed by atoms with Gasteiger partial charge in [0.05, 0.1) is 16.4 Å². The SMILES string of the molecule is CCCN1CCCC(c2nc3c(-c4ccsc4)cnn3c(N)c2Br)C1. The molecule has 1 saturated heterocycles. The molecule has 25 heavy (non-hydrogen) atoms. The average molecular weight is 420 g/mol. The molecule has 4 rings (SSSR count). The Morgan fingerprint density at radius 1 is 1.44 bits per heavy atom. The van der Waals surface area contributed by atoms with E-state index in [2.05, 4.69) is 49.7 Å². The zero-order valence-electron chi connectivity index (χ0n) is 14.3. The fourth-order valence-electron chi connectivity index (χ4n) is 3.70. The summed E-state index contributed by atoms with van der Waals surface area (Å²) in [6.45, 7) is 5.63. The number of hydrogen-bond acceptors (Lipinski definition) is 5. The first-order valence-electron chi connectivity index (χ1n) is 8.76. The van der Waals surface area contributed by atoms with E-state index < -0.39 is 0 Å². The van der Waals surface area contributed by atoms with Crippen LogP contribution in [0.1, 0.15) is 37.8 Å². The zero-order chi connectivity index (χ0) is 17.4. The Morgan fingerprint density at radius 2 is 2.32 bits per heavy atom.